The molecule has 158 valence electrons. The lowest BCUT2D eigenvalue weighted by Gasteiger charge is -2.39. The molecule has 2 fully saturated rings. The van der Waals surface area contributed by atoms with Crippen molar-refractivity contribution in [2.24, 2.45) is 5.92 Å². The molecule has 7 nitrogen and oxygen atoms in total. The molecule has 2 atom stereocenters. The molecule has 1 aromatic rings. The highest BCUT2D eigenvalue weighted by molar-refractivity contribution is 6.07. The number of urea groups is 1. The fourth-order valence-electron chi connectivity index (χ4n) is 4.09. The van der Waals surface area contributed by atoms with E-state index in [0.29, 0.717) is 18.4 Å². The van der Waals surface area contributed by atoms with Gasteiger partial charge >= 0.3 is 12.1 Å². The Morgan fingerprint density at radius 2 is 2.10 bits per heavy atom. The number of amides is 4. The Kier molecular flexibility index (Phi) is 5.82. The molecule has 3 rings (SSSR count). The number of carbonyl (C=O) groups is 3. The van der Waals surface area contributed by atoms with Crippen molar-refractivity contribution in [3.63, 3.8) is 0 Å². The van der Waals surface area contributed by atoms with Crippen LogP contribution in [0.15, 0.2) is 24.3 Å². The molecule has 0 aromatic heterocycles. The molecule has 1 saturated heterocycles. The zero-order valence-corrected chi connectivity index (χ0v) is 17.1. The molecule has 1 heterocycles. The van der Waals surface area contributed by atoms with E-state index >= 15 is 0 Å². The minimum absolute atomic E-state index is 0.0103. The van der Waals surface area contributed by atoms with Gasteiger partial charge in [0.1, 0.15) is 17.0 Å². The van der Waals surface area contributed by atoms with E-state index in [-0.39, 0.29) is 24.9 Å². The van der Waals surface area contributed by atoms with E-state index in [1.54, 1.807) is 32.9 Å². The van der Waals surface area contributed by atoms with Crippen molar-refractivity contribution in [2.75, 3.05) is 6.54 Å². The average Bonchev–Trinajstić information content (AvgIpc) is 2.84. The largest absolute Gasteiger partial charge is 0.444 e. The van der Waals surface area contributed by atoms with E-state index in [1.165, 1.54) is 12.1 Å². The van der Waals surface area contributed by atoms with Gasteiger partial charge in [0.15, 0.2) is 0 Å². The van der Waals surface area contributed by atoms with Gasteiger partial charge in [-0.2, -0.15) is 0 Å². The first-order chi connectivity index (χ1) is 13.6. The number of alkyl carbamates (subject to hydrolysis) is 1. The van der Waals surface area contributed by atoms with Gasteiger partial charge in [0, 0.05) is 12.5 Å². The molecule has 2 aliphatic rings. The minimum Gasteiger partial charge on any atom is -0.444 e. The lowest BCUT2D eigenvalue weighted by atomic mass is 9.72. The summed E-state index contributed by atoms with van der Waals surface area (Å²) >= 11 is 0. The Morgan fingerprint density at radius 1 is 1.34 bits per heavy atom. The summed E-state index contributed by atoms with van der Waals surface area (Å²) in [6, 6.07) is 5.37. The fourth-order valence-corrected chi connectivity index (χ4v) is 4.09. The van der Waals surface area contributed by atoms with Crippen LogP contribution in [0.3, 0.4) is 0 Å². The molecular formula is C21H28FN3O4. The van der Waals surface area contributed by atoms with Gasteiger partial charge in [-0.25, -0.2) is 14.0 Å². The van der Waals surface area contributed by atoms with E-state index in [9.17, 15) is 18.8 Å². The maximum Gasteiger partial charge on any atom is 0.407 e. The van der Waals surface area contributed by atoms with Crippen molar-refractivity contribution in [3.8, 4) is 0 Å². The van der Waals surface area contributed by atoms with Crippen LogP contribution in [0.4, 0.5) is 14.0 Å². The van der Waals surface area contributed by atoms with Gasteiger partial charge in [0.25, 0.3) is 5.91 Å². The number of nitrogens with zero attached hydrogens (tertiary/aromatic N) is 1. The molecule has 1 aliphatic heterocycles. The van der Waals surface area contributed by atoms with Crippen LogP contribution >= 0.6 is 0 Å². The van der Waals surface area contributed by atoms with Crippen molar-refractivity contribution in [1.29, 1.82) is 0 Å². The van der Waals surface area contributed by atoms with Gasteiger partial charge in [-0.05, 0) is 51.3 Å². The van der Waals surface area contributed by atoms with Gasteiger partial charge < -0.3 is 15.4 Å². The van der Waals surface area contributed by atoms with E-state index in [1.807, 2.05) is 0 Å². The van der Waals surface area contributed by atoms with Crippen molar-refractivity contribution < 1.29 is 23.5 Å². The van der Waals surface area contributed by atoms with Crippen LogP contribution in [0.1, 0.15) is 52.0 Å². The van der Waals surface area contributed by atoms with Crippen molar-refractivity contribution in [2.45, 2.75) is 64.1 Å². The quantitative estimate of drug-likeness (QED) is 0.752. The zero-order chi connectivity index (χ0) is 21.2. The summed E-state index contributed by atoms with van der Waals surface area (Å²) < 4.78 is 18.8. The normalized spacial score (nSPS) is 24.6. The second kappa shape index (κ2) is 8.00. The predicted molar refractivity (Wildman–Crippen MR) is 104 cm³/mol. The van der Waals surface area contributed by atoms with Crippen LogP contribution in [-0.2, 0) is 16.1 Å². The number of nitrogens with one attached hydrogen (secondary N) is 2. The van der Waals surface area contributed by atoms with Crippen molar-refractivity contribution in [1.82, 2.24) is 15.5 Å². The Balaban J connectivity index is 1.73. The van der Waals surface area contributed by atoms with Crippen LogP contribution in [0.25, 0.3) is 0 Å². The maximum absolute atomic E-state index is 13.5. The van der Waals surface area contributed by atoms with Gasteiger partial charge in [-0.15, -0.1) is 0 Å². The number of imide groups is 1. The third-order valence-corrected chi connectivity index (χ3v) is 5.39. The standard InChI is InChI=1S/C21H28FN3O4/c1-20(2,3)29-19(28)23-12-15-8-4-5-10-21(15)17(26)25(18(27)24-21)13-14-7-6-9-16(22)11-14/h6-7,9,11,15H,4-5,8,10,12-13H2,1-3H3,(H,23,28)(H,24,27)/t15-,21+/m0/s1. The molecule has 1 aliphatic carbocycles. The summed E-state index contributed by atoms with van der Waals surface area (Å²) in [5.74, 6) is -0.971. The summed E-state index contributed by atoms with van der Waals surface area (Å²) in [4.78, 5) is 39.1. The zero-order valence-electron chi connectivity index (χ0n) is 17.1. The Morgan fingerprint density at radius 3 is 2.79 bits per heavy atom. The second-order valence-corrected chi connectivity index (χ2v) is 8.75. The highest BCUT2D eigenvalue weighted by Gasteiger charge is 2.56. The number of benzene rings is 1. The monoisotopic (exact) mass is 405 g/mol. The SMILES string of the molecule is CC(C)(C)OC(=O)NC[C@@H]1CCCC[C@@]12NC(=O)N(Cc1cccc(F)c1)C2=O. The summed E-state index contributed by atoms with van der Waals surface area (Å²) in [5, 5.41) is 5.61. The smallest absolute Gasteiger partial charge is 0.407 e. The van der Waals surface area contributed by atoms with E-state index in [2.05, 4.69) is 10.6 Å². The molecule has 8 heteroatoms. The first-order valence-electron chi connectivity index (χ1n) is 9.96. The fraction of sp³-hybridized carbons (Fsp3) is 0.571. The number of hydrogen-bond donors (Lipinski definition) is 2. The van der Waals surface area contributed by atoms with Crippen LogP contribution in [0, 0.1) is 11.7 Å². The second-order valence-electron chi connectivity index (χ2n) is 8.75. The number of carbonyl (C=O) groups excluding carboxylic acids is 3. The van der Waals surface area contributed by atoms with Gasteiger partial charge in [0.05, 0.1) is 6.54 Å². The lowest BCUT2D eigenvalue weighted by Crippen LogP contribution is -2.57. The molecule has 1 spiro atoms. The first-order valence-corrected chi connectivity index (χ1v) is 9.96. The Labute approximate surface area is 170 Å². The molecular weight excluding hydrogens is 377 g/mol. The highest BCUT2D eigenvalue weighted by atomic mass is 19.1. The number of rotatable bonds is 4. The third-order valence-electron chi connectivity index (χ3n) is 5.39. The highest BCUT2D eigenvalue weighted by Crippen LogP contribution is 2.38. The van der Waals surface area contributed by atoms with Gasteiger partial charge in [-0.3, -0.25) is 9.69 Å². The Bertz CT molecular complexity index is 807. The molecule has 4 amide bonds. The maximum atomic E-state index is 13.5. The molecule has 1 saturated carbocycles. The predicted octanol–water partition coefficient (Wildman–Crippen LogP) is 3.33. The van der Waals surface area contributed by atoms with Crippen molar-refractivity contribution >= 4 is 18.0 Å². The Hall–Kier alpha value is -2.64. The third kappa shape index (κ3) is 4.68. The first kappa shape index (κ1) is 21.1. The van der Waals surface area contributed by atoms with E-state index < -0.39 is 29.1 Å². The molecule has 29 heavy (non-hydrogen) atoms. The van der Waals surface area contributed by atoms with Crippen LogP contribution < -0.4 is 10.6 Å². The van der Waals surface area contributed by atoms with Gasteiger partial charge in [0.2, 0.25) is 0 Å². The number of hydrogen-bond acceptors (Lipinski definition) is 4. The van der Waals surface area contributed by atoms with Crippen LogP contribution in [0.2, 0.25) is 0 Å². The van der Waals surface area contributed by atoms with Gasteiger partial charge in [-0.1, -0.05) is 25.0 Å². The lowest BCUT2D eigenvalue weighted by molar-refractivity contribution is -0.134. The topological polar surface area (TPSA) is 87.7 Å². The summed E-state index contributed by atoms with van der Waals surface area (Å²) in [5.41, 5.74) is -1.12. The van der Waals surface area contributed by atoms with Crippen LogP contribution in [0.5, 0.6) is 0 Å². The number of halogens is 1. The number of ether oxygens (including phenoxy) is 1. The summed E-state index contributed by atoms with van der Waals surface area (Å²) in [7, 11) is 0. The molecule has 0 radical (unpaired) electrons. The molecule has 0 unspecified atom stereocenters. The summed E-state index contributed by atoms with van der Waals surface area (Å²) in [6.45, 7) is 5.57. The van der Waals surface area contributed by atoms with Crippen LogP contribution in [-0.4, -0.2) is 40.6 Å². The minimum atomic E-state index is -1.04. The molecule has 1 aromatic carbocycles. The van der Waals surface area contributed by atoms with E-state index in [0.717, 1.165) is 17.7 Å². The average molecular weight is 405 g/mol. The summed E-state index contributed by atoms with van der Waals surface area (Å²) in [6.07, 6.45) is 2.39. The van der Waals surface area contributed by atoms with Crippen molar-refractivity contribution in [3.05, 3.63) is 35.6 Å². The molecule has 0 bridgehead atoms. The molecule has 2 N–H and O–H groups in total. The van der Waals surface area contributed by atoms with E-state index in [4.69, 9.17) is 4.74 Å².